The van der Waals surface area contributed by atoms with E-state index in [4.69, 9.17) is 5.11 Å². The SMILES string of the molecule is CCCCCCCCCCCC(=O)O.CN(C)Cc1ccccc1.CN(C)Cc1ccccc1.Cl. The maximum absolute atomic E-state index is 10.2. The Bertz CT molecular complexity index is 649. The Hall–Kier alpha value is -1.88. The maximum Gasteiger partial charge on any atom is 0.303 e. The van der Waals surface area contributed by atoms with Gasteiger partial charge in [-0.2, -0.15) is 0 Å². The van der Waals surface area contributed by atoms with Crippen LogP contribution in [0.1, 0.15) is 82.3 Å². The van der Waals surface area contributed by atoms with E-state index in [1.165, 1.54) is 56.1 Å². The van der Waals surface area contributed by atoms with E-state index in [1.807, 2.05) is 12.1 Å². The van der Waals surface area contributed by atoms with Gasteiger partial charge in [0, 0.05) is 19.5 Å². The van der Waals surface area contributed by atoms with E-state index < -0.39 is 5.97 Å². The lowest BCUT2D eigenvalue weighted by molar-refractivity contribution is -0.137. The monoisotopic (exact) mass is 506 g/mol. The van der Waals surface area contributed by atoms with Crippen LogP contribution in [0.4, 0.5) is 0 Å². The quantitative estimate of drug-likeness (QED) is 0.264. The second-order valence-corrected chi connectivity index (χ2v) is 9.42. The molecule has 0 saturated carbocycles. The number of rotatable bonds is 14. The van der Waals surface area contributed by atoms with E-state index in [0.29, 0.717) is 6.42 Å². The summed E-state index contributed by atoms with van der Waals surface area (Å²) in [5.41, 5.74) is 2.74. The molecule has 2 aromatic carbocycles. The summed E-state index contributed by atoms with van der Waals surface area (Å²) in [6.45, 7) is 4.29. The molecule has 0 fully saturated rings. The first kappa shape index (κ1) is 35.3. The molecule has 0 radical (unpaired) electrons. The zero-order valence-corrected chi connectivity index (χ0v) is 23.7. The second kappa shape index (κ2) is 25.2. The summed E-state index contributed by atoms with van der Waals surface area (Å²) >= 11 is 0. The summed E-state index contributed by atoms with van der Waals surface area (Å²) in [6, 6.07) is 20.9. The largest absolute Gasteiger partial charge is 0.481 e. The maximum atomic E-state index is 10.2. The smallest absolute Gasteiger partial charge is 0.303 e. The van der Waals surface area contributed by atoms with Crippen molar-refractivity contribution in [3.05, 3.63) is 71.8 Å². The third kappa shape index (κ3) is 26.6. The number of hydrogen-bond acceptors (Lipinski definition) is 3. The highest BCUT2D eigenvalue weighted by molar-refractivity contribution is 5.85. The lowest BCUT2D eigenvalue weighted by Crippen LogP contribution is -2.10. The molecular formula is C30H51ClN2O2. The summed E-state index contributed by atoms with van der Waals surface area (Å²) in [5, 5.41) is 8.41. The van der Waals surface area contributed by atoms with Gasteiger partial charge < -0.3 is 14.9 Å². The highest BCUT2D eigenvalue weighted by atomic mass is 35.5. The number of carboxylic acid groups (broad SMARTS) is 1. The molecule has 0 aliphatic carbocycles. The van der Waals surface area contributed by atoms with Crippen molar-refractivity contribution in [2.75, 3.05) is 28.2 Å². The molecule has 1 N–H and O–H groups in total. The van der Waals surface area contributed by atoms with Gasteiger partial charge in [-0.05, 0) is 45.7 Å². The van der Waals surface area contributed by atoms with E-state index in [2.05, 4.69) is 93.4 Å². The fraction of sp³-hybridized carbons (Fsp3) is 0.567. The van der Waals surface area contributed by atoms with Crippen LogP contribution in [0.2, 0.25) is 0 Å². The average molecular weight is 507 g/mol. The molecule has 200 valence electrons. The van der Waals surface area contributed by atoms with Crippen LogP contribution in [0.15, 0.2) is 60.7 Å². The molecular weight excluding hydrogens is 456 g/mol. The first-order valence-corrected chi connectivity index (χ1v) is 12.9. The van der Waals surface area contributed by atoms with Crippen molar-refractivity contribution in [2.45, 2.75) is 84.2 Å². The lowest BCUT2D eigenvalue weighted by atomic mass is 10.1. The zero-order valence-electron chi connectivity index (χ0n) is 22.9. The number of carboxylic acids is 1. The zero-order chi connectivity index (χ0) is 25.4. The van der Waals surface area contributed by atoms with Gasteiger partial charge >= 0.3 is 5.97 Å². The van der Waals surface area contributed by atoms with E-state index >= 15 is 0 Å². The van der Waals surface area contributed by atoms with E-state index in [0.717, 1.165) is 25.9 Å². The van der Waals surface area contributed by atoms with Crippen LogP contribution in [0, 0.1) is 0 Å². The Morgan fingerprint density at radius 3 is 1.29 bits per heavy atom. The summed E-state index contributed by atoms with van der Waals surface area (Å²) in [5.74, 6) is -0.659. The second-order valence-electron chi connectivity index (χ2n) is 9.42. The third-order valence-electron chi connectivity index (χ3n) is 5.18. The molecule has 2 aromatic rings. The van der Waals surface area contributed by atoms with Crippen LogP contribution in [-0.2, 0) is 17.9 Å². The molecule has 0 heterocycles. The highest BCUT2D eigenvalue weighted by Crippen LogP contribution is 2.10. The number of carbonyl (C=O) groups is 1. The third-order valence-corrected chi connectivity index (χ3v) is 5.18. The molecule has 5 heteroatoms. The Morgan fingerprint density at radius 1 is 0.629 bits per heavy atom. The van der Waals surface area contributed by atoms with Gasteiger partial charge in [-0.15, -0.1) is 12.4 Å². The van der Waals surface area contributed by atoms with E-state index in [9.17, 15) is 4.79 Å². The fourth-order valence-corrected chi connectivity index (χ4v) is 3.48. The predicted molar refractivity (Wildman–Crippen MR) is 154 cm³/mol. The van der Waals surface area contributed by atoms with Crippen molar-refractivity contribution in [2.24, 2.45) is 0 Å². The normalized spacial score (nSPS) is 10.0. The molecule has 4 nitrogen and oxygen atoms in total. The van der Waals surface area contributed by atoms with Crippen molar-refractivity contribution in [3.8, 4) is 0 Å². The minimum Gasteiger partial charge on any atom is -0.481 e. The average Bonchev–Trinajstić information content (AvgIpc) is 2.79. The first-order chi connectivity index (χ1) is 16.3. The van der Waals surface area contributed by atoms with Gasteiger partial charge in [0.05, 0.1) is 0 Å². The number of nitrogens with zero attached hydrogens (tertiary/aromatic N) is 2. The van der Waals surface area contributed by atoms with Crippen molar-refractivity contribution < 1.29 is 9.90 Å². The number of halogens is 1. The Kier molecular flexibility index (Phi) is 25.4. The van der Waals surface area contributed by atoms with Crippen LogP contribution in [0.5, 0.6) is 0 Å². The van der Waals surface area contributed by atoms with E-state index in [-0.39, 0.29) is 12.4 Å². The van der Waals surface area contributed by atoms with Crippen LogP contribution < -0.4 is 0 Å². The van der Waals surface area contributed by atoms with Crippen molar-refractivity contribution in [1.82, 2.24) is 9.80 Å². The topological polar surface area (TPSA) is 43.8 Å². The number of benzene rings is 2. The van der Waals surface area contributed by atoms with Gasteiger partial charge in [0.25, 0.3) is 0 Å². The summed E-state index contributed by atoms with van der Waals surface area (Å²) in [6.07, 6.45) is 11.5. The van der Waals surface area contributed by atoms with Crippen molar-refractivity contribution in [1.29, 1.82) is 0 Å². The van der Waals surface area contributed by atoms with E-state index in [1.54, 1.807) is 0 Å². The first-order valence-electron chi connectivity index (χ1n) is 12.9. The molecule has 0 aliphatic rings. The van der Waals surface area contributed by atoms with Crippen LogP contribution in [-0.4, -0.2) is 49.1 Å². The summed E-state index contributed by atoms with van der Waals surface area (Å²) in [4.78, 5) is 14.5. The van der Waals surface area contributed by atoms with Gasteiger partial charge in [0.15, 0.2) is 0 Å². The van der Waals surface area contributed by atoms with Crippen LogP contribution in [0.3, 0.4) is 0 Å². The fourth-order valence-electron chi connectivity index (χ4n) is 3.48. The van der Waals surface area contributed by atoms with Gasteiger partial charge in [-0.3, -0.25) is 4.79 Å². The van der Waals surface area contributed by atoms with Crippen molar-refractivity contribution in [3.63, 3.8) is 0 Å². The number of hydrogen-bond donors (Lipinski definition) is 1. The summed E-state index contributed by atoms with van der Waals surface area (Å²) in [7, 11) is 8.31. The molecule has 0 aromatic heterocycles. The van der Waals surface area contributed by atoms with Gasteiger partial charge in [-0.25, -0.2) is 0 Å². The van der Waals surface area contributed by atoms with Crippen LogP contribution in [0.25, 0.3) is 0 Å². The number of aliphatic carboxylic acids is 1. The molecule has 0 aliphatic heterocycles. The standard InChI is InChI=1S/C12H24O2.2C9H13N.ClH/c1-2-3-4-5-6-7-8-9-10-11-12(13)14;2*1-10(2)8-9-6-4-3-5-7-9;/h2-11H2,1H3,(H,13,14);2*3-7H,8H2,1-2H3;1H. The lowest BCUT2D eigenvalue weighted by Gasteiger charge is -2.08. The Labute approximate surface area is 222 Å². The molecule has 0 saturated heterocycles. The van der Waals surface area contributed by atoms with Gasteiger partial charge in [0.2, 0.25) is 0 Å². The van der Waals surface area contributed by atoms with Gasteiger partial charge in [0.1, 0.15) is 0 Å². The minimum atomic E-state index is -0.659. The minimum absolute atomic E-state index is 0. The molecule has 0 bridgehead atoms. The molecule has 2 rings (SSSR count). The molecule has 0 spiro atoms. The predicted octanol–water partition coefficient (Wildman–Crippen LogP) is 7.91. The molecule has 0 unspecified atom stereocenters. The molecule has 0 amide bonds. The highest BCUT2D eigenvalue weighted by Gasteiger charge is 1.96. The van der Waals surface area contributed by atoms with Crippen LogP contribution >= 0.6 is 12.4 Å². The Balaban J connectivity index is 0. The summed E-state index contributed by atoms with van der Waals surface area (Å²) < 4.78 is 0. The Morgan fingerprint density at radius 2 is 0.971 bits per heavy atom. The molecule has 35 heavy (non-hydrogen) atoms. The number of unbranched alkanes of at least 4 members (excludes halogenated alkanes) is 8. The van der Waals surface area contributed by atoms with Crippen molar-refractivity contribution >= 4 is 18.4 Å². The molecule has 0 atom stereocenters. The van der Waals surface area contributed by atoms with Gasteiger partial charge in [-0.1, -0.05) is 119 Å².